The SMILES string of the molecule is CCCCCCCCCCCC(=O)N[C@@H](O)C(=O)OCC. The number of unbranched alkanes of at least 4 members (excludes halogenated alkanes) is 8. The molecule has 124 valence electrons. The Balaban J connectivity index is 3.43. The zero-order valence-corrected chi connectivity index (χ0v) is 13.5. The highest BCUT2D eigenvalue weighted by molar-refractivity contribution is 5.83. The summed E-state index contributed by atoms with van der Waals surface area (Å²) in [5.41, 5.74) is 0. The van der Waals surface area contributed by atoms with E-state index in [4.69, 9.17) is 0 Å². The van der Waals surface area contributed by atoms with Crippen molar-refractivity contribution in [2.24, 2.45) is 0 Å². The molecule has 1 atom stereocenters. The first-order valence-corrected chi connectivity index (χ1v) is 8.25. The third-order valence-corrected chi connectivity index (χ3v) is 3.31. The van der Waals surface area contributed by atoms with E-state index in [-0.39, 0.29) is 12.5 Å². The van der Waals surface area contributed by atoms with E-state index in [1.165, 1.54) is 38.5 Å². The quantitative estimate of drug-likeness (QED) is 0.311. The summed E-state index contributed by atoms with van der Waals surface area (Å²) in [5, 5.41) is 11.6. The second kappa shape index (κ2) is 13.9. The van der Waals surface area contributed by atoms with Crippen molar-refractivity contribution in [1.29, 1.82) is 0 Å². The second-order valence-corrected chi connectivity index (χ2v) is 5.30. The molecule has 5 heteroatoms. The lowest BCUT2D eigenvalue weighted by atomic mass is 10.1. The molecule has 0 rings (SSSR count). The summed E-state index contributed by atoms with van der Waals surface area (Å²) in [5.74, 6) is -1.11. The summed E-state index contributed by atoms with van der Waals surface area (Å²) in [6.45, 7) is 4.04. The third kappa shape index (κ3) is 12.4. The molecule has 0 spiro atoms. The predicted molar refractivity (Wildman–Crippen MR) is 82.6 cm³/mol. The van der Waals surface area contributed by atoms with Crippen molar-refractivity contribution in [3.63, 3.8) is 0 Å². The average Bonchev–Trinajstić information content (AvgIpc) is 2.45. The van der Waals surface area contributed by atoms with Crippen molar-refractivity contribution in [2.75, 3.05) is 6.61 Å². The Morgan fingerprint density at radius 3 is 2.00 bits per heavy atom. The molecule has 0 aromatic rings. The highest BCUT2D eigenvalue weighted by atomic mass is 16.5. The van der Waals surface area contributed by atoms with Crippen LogP contribution in [0.2, 0.25) is 0 Å². The van der Waals surface area contributed by atoms with Crippen LogP contribution < -0.4 is 5.32 Å². The maximum atomic E-state index is 11.5. The van der Waals surface area contributed by atoms with Crippen LogP contribution in [-0.4, -0.2) is 29.8 Å². The maximum Gasteiger partial charge on any atom is 0.356 e. The van der Waals surface area contributed by atoms with Crippen molar-refractivity contribution in [3.05, 3.63) is 0 Å². The summed E-state index contributed by atoms with van der Waals surface area (Å²) >= 11 is 0. The van der Waals surface area contributed by atoms with Crippen LogP contribution in [0.25, 0.3) is 0 Å². The molecule has 21 heavy (non-hydrogen) atoms. The lowest BCUT2D eigenvalue weighted by Gasteiger charge is -2.11. The van der Waals surface area contributed by atoms with Gasteiger partial charge in [-0.05, 0) is 13.3 Å². The molecule has 0 aromatic carbocycles. The Hall–Kier alpha value is -1.10. The van der Waals surface area contributed by atoms with E-state index in [0.29, 0.717) is 6.42 Å². The Morgan fingerprint density at radius 1 is 0.952 bits per heavy atom. The fourth-order valence-electron chi connectivity index (χ4n) is 2.10. The van der Waals surface area contributed by atoms with Crippen LogP contribution in [0.3, 0.4) is 0 Å². The monoisotopic (exact) mass is 301 g/mol. The second-order valence-electron chi connectivity index (χ2n) is 5.30. The molecule has 0 saturated heterocycles. The molecule has 0 aliphatic heterocycles. The molecule has 0 radical (unpaired) electrons. The van der Waals surface area contributed by atoms with Crippen molar-refractivity contribution in [3.8, 4) is 0 Å². The standard InChI is InChI=1S/C16H31NO4/c1-3-5-6-7-8-9-10-11-12-13-14(18)17-15(19)16(20)21-4-2/h15,19H,3-13H2,1-2H3,(H,17,18)/t15-/m0/s1. The van der Waals surface area contributed by atoms with Gasteiger partial charge in [0.1, 0.15) is 0 Å². The molecule has 0 aromatic heterocycles. The third-order valence-electron chi connectivity index (χ3n) is 3.31. The van der Waals surface area contributed by atoms with Gasteiger partial charge in [-0.1, -0.05) is 58.3 Å². The van der Waals surface area contributed by atoms with Gasteiger partial charge in [-0.25, -0.2) is 4.79 Å². The normalized spacial score (nSPS) is 12.0. The number of hydrogen-bond acceptors (Lipinski definition) is 4. The number of hydrogen-bond donors (Lipinski definition) is 2. The summed E-state index contributed by atoms with van der Waals surface area (Å²) in [4.78, 5) is 22.6. The van der Waals surface area contributed by atoms with Crippen LogP contribution in [0.1, 0.15) is 78.1 Å². The molecular formula is C16H31NO4. The minimum absolute atomic E-state index is 0.185. The first kappa shape index (κ1) is 19.9. The van der Waals surface area contributed by atoms with Crippen LogP contribution >= 0.6 is 0 Å². The summed E-state index contributed by atoms with van der Waals surface area (Å²) < 4.78 is 4.60. The molecule has 0 fully saturated rings. The number of esters is 1. The number of nitrogens with one attached hydrogen (secondary N) is 1. The van der Waals surface area contributed by atoms with E-state index in [9.17, 15) is 14.7 Å². The molecule has 0 aliphatic rings. The van der Waals surface area contributed by atoms with Gasteiger partial charge in [0.25, 0.3) is 0 Å². The van der Waals surface area contributed by atoms with Gasteiger partial charge in [-0.15, -0.1) is 0 Å². The molecule has 0 saturated carbocycles. The summed E-state index contributed by atoms with van der Waals surface area (Å²) in [6.07, 6.45) is 9.44. The Bertz CT molecular complexity index is 281. The van der Waals surface area contributed by atoms with E-state index in [1.807, 2.05) is 0 Å². The van der Waals surface area contributed by atoms with Gasteiger partial charge >= 0.3 is 5.97 Å². The van der Waals surface area contributed by atoms with E-state index in [0.717, 1.165) is 19.3 Å². The lowest BCUT2D eigenvalue weighted by molar-refractivity contribution is -0.157. The summed E-state index contributed by atoms with van der Waals surface area (Å²) in [6, 6.07) is 0. The van der Waals surface area contributed by atoms with Crippen LogP contribution in [0.15, 0.2) is 0 Å². The predicted octanol–water partition coefficient (Wildman–Crippen LogP) is 2.91. The Morgan fingerprint density at radius 2 is 1.48 bits per heavy atom. The smallest absolute Gasteiger partial charge is 0.356 e. The van der Waals surface area contributed by atoms with Gasteiger partial charge in [0.15, 0.2) is 0 Å². The molecule has 5 nitrogen and oxygen atoms in total. The number of ether oxygens (including phenoxy) is 1. The number of carbonyl (C=O) groups is 2. The maximum absolute atomic E-state index is 11.5. The van der Waals surface area contributed by atoms with Gasteiger partial charge in [-0.2, -0.15) is 0 Å². The number of aliphatic hydroxyl groups is 1. The fourth-order valence-corrected chi connectivity index (χ4v) is 2.10. The van der Waals surface area contributed by atoms with Gasteiger partial charge in [0, 0.05) is 6.42 Å². The van der Waals surface area contributed by atoms with Crippen molar-refractivity contribution in [1.82, 2.24) is 5.32 Å². The van der Waals surface area contributed by atoms with Crippen molar-refractivity contribution >= 4 is 11.9 Å². The number of aliphatic hydroxyl groups excluding tert-OH is 1. The highest BCUT2D eigenvalue weighted by Gasteiger charge is 2.17. The molecule has 0 bridgehead atoms. The Kier molecular flexibility index (Phi) is 13.1. The number of amides is 1. The van der Waals surface area contributed by atoms with Gasteiger partial charge < -0.3 is 15.2 Å². The van der Waals surface area contributed by atoms with Crippen molar-refractivity contribution in [2.45, 2.75) is 84.3 Å². The highest BCUT2D eigenvalue weighted by Crippen LogP contribution is 2.10. The average molecular weight is 301 g/mol. The molecule has 0 heterocycles. The zero-order valence-electron chi connectivity index (χ0n) is 13.5. The van der Waals surface area contributed by atoms with E-state index in [1.54, 1.807) is 6.92 Å². The van der Waals surface area contributed by atoms with Crippen LogP contribution in [0.5, 0.6) is 0 Å². The Labute approximate surface area is 128 Å². The first-order chi connectivity index (χ1) is 10.1. The van der Waals surface area contributed by atoms with Gasteiger partial charge in [-0.3, -0.25) is 4.79 Å². The largest absolute Gasteiger partial charge is 0.463 e. The van der Waals surface area contributed by atoms with E-state index < -0.39 is 12.2 Å². The summed E-state index contributed by atoms with van der Waals surface area (Å²) in [7, 11) is 0. The zero-order chi connectivity index (χ0) is 15.9. The minimum atomic E-state index is -1.55. The van der Waals surface area contributed by atoms with Crippen LogP contribution in [0, 0.1) is 0 Å². The van der Waals surface area contributed by atoms with Crippen LogP contribution in [0.4, 0.5) is 0 Å². The topological polar surface area (TPSA) is 75.6 Å². The number of rotatable bonds is 13. The minimum Gasteiger partial charge on any atom is -0.463 e. The van der Waals surface area contributed by atoms with Crippen molar-refractivity contribution < 1.29 is 19.4 Å². The lowest BCUT2D eigenvalue weighted by Crippen LogP contribution is -2.41. The van der Waals surface area contributed by atoms with Crippen LogP contribution in [-0.2, 0) is 14.3 Å². The molecule has 0 unspecified atom stereocenters. The first-order valence-electron chi connectivity index (χ1n) is 8.25. The fraction of sp³-hybridized carbons (Fsp3) is 0.875. The van der Waals surface area contributed by atoms with Gasteiger partial charge in [0.05, 0.1) is 6.61 Å². The van der Waals surface area contributed by atoms with E-state index in [2.05, 4.69) is 17.0 Å². The molecular weight excluding hydrogens is 270 g/mol. The molecule has 0 aliphatic carbocycles. The molecule has 2 N–H and O–H groups in total. The van der Waals surface area contributed by atoms with E-state index >= 15 is 0 Å². The molecule has 1 amide bonds. The number of carbonyl (C=O) groups excluding carboxylic acids is 2. The van der Waals surface area contributed by atoms with Gasteiger partial charge in [0.2, 0.25) is 12.1 Å².